The summed E-state index contributed by atoms with van der Waals surface area (Å²) in [6, 6.07) is 13.6. The quantitative estimate of drug-likeness (QED) is 0.861. The van der Waals surface area contributed by atoms with Crippen LogP contribution in [0.15, 0.2) is 42.5 Å². The van der Waals surface area contributed by atoms with Crippen molar-refractivity contribution in [2.75, 3.05) is 0 Å². The van der Waals surface area contributed by atoms with Gasteiger partial charge in [0, 0.05) is 12.6 Å². The summed E-state index contributed by atoms with van der Waals surface area (Å²) in [7, 11) is 0. The molecular weight excluding hydrogens is 249 g/mol. The van der Waals surface area contributed by atoms with Gasteiger partial charge in [0.1, 0.15) is 5.82 Å². The minimum atomic E-state index is -0.176. The van der Waals surface area contributed by atoms with Gasteiger partial charge in [0.05, 0.1) is 0 Å². The second-order valence-electron chi connectivity index (χ2n) is 5.54. The molecule has 1 atom stereocenters. The van der Waals surface area contributed by atoms with Crippen molar-refractivity contribution in [2.45, 2.75) is 39.8 Å². The maximum atomic E-state index is 12.9. The maximum Gasteiger partial charge on any atom is 0.123 e. The highest BCUT2D eigenvalue weighted by molar-refractivity contribution is 5.30. The molecule has 0 spiro atoms. The molecule has 1 N–H and O–H groups in total. The van der Waals surface area contributed by atoms with Crippen molar-refractivity contribution < 1.29 is 4.39 Å². The highest BCUT2D eigenvalue weighted by Gasteiger charge is 2.05. The fraction of sp³-hybridized carbons (Fsp3) is 0.333. The second-order valence-corrected chi connectivity index (χ2v) is 5.54. The minimum Gasteiger partial charge on any atom is -0.310 e. The van der Waals surface area contributed by atoms with Crippen LogP contribution in [0.5, 0.6) is 0 Å². The first-order valence-corrected chi connectivity index (χ1v) is 7.08. The van der Waals surface area contributed by atoms with E-state index in [1.54, 1.807) is 0 Å². The molecule has 2 rings (SSSR count). The number of hydrogen-bond acceptors (Lipinski definition) is 1. The number of aryl methyl sites for hydroxylation is 2. The lowest BCUT2D eigenvalue weighted by Gasteiger charge is -2.15. The third-order valence-corrected chi connectivity index (χ3v) is 3.59. The maximum absolute atomic E-state index is 12.9. The van der Waals surface area contributed by atoms with Gasteiger partial charge in [-0.25, -0.2) is 4.39 Å². The molecule has 0 saturated heterocycles. The molecule has 106 valence electrons. The van der Waals surface area contributed by atoms with Crippen LogP contribution < -0.4 is 5.32 Å². The monoisotopic (exact) mass is 271 g/mol. The van der Waals surface area contributed by atoms with Crippen LogP contribution in [0, 0.1) is 19.7 Å². The molecular formula is C18H22FN. The Balaban J connectivity index is 1.88. The topological polar surface area (TPSA) is 12.0 Å². The van der Waals surface area contributed by atoms with Gasteiger partial charge < -0.3 is 5.32 Å². The number of hydrogen-bond donors (Lipinski definition) is 1. The van der Waals surface area contributed by atoms with Crippen LogP contribution in [-0.4, -0.2) is 6.04 Å². The van der Waals surface area contributed by atoms with Gasteiger partial charge in [0.2, 0.25) is 0 Å². The Kier molecular flexibility index (Phi) is 4.91. The fourth-order valence-electron chi connectivity index (χ4n) is 2.37. The molecule has 2 aromatic carbocycles. The Bertz CT molecular complexity index is 560. The molecule has 2 aromatic rings. The molecule has 0 amide bonds. The molecule has 0 saturated carbocycles. The first kappa shape index (κ1) is 14.7. The standard InChI is InChI=1S/C18H22FN/c1-13-4-7-17(14(2)10-13)12-20-15(3)11-16-5-8-18(19)9-6-16/h4-10,15,20H,11-12H2,1-3H3. The van der Waals surface area contributed by atoms with Crippen molar-refractivity contribution in [3.8, 4) is 0 Å². The number of nitrogens with one attached hydrogen (secondary N) is 1. The van der Waals surface area contributed by atoms with E-state index < -0.39 is 0 Å². The Morgan fingerprint density at radius 2 is 1.75 bits per heavy atom. The van der Waals surface area contributed by atoms with Crippen LogP contribution in [0.3, 0.4) is 0 Å². The predicted octanol–water partition coefficient (Wildman–Crippen LogP) is 4.16. The zero-order valence-electron chi connectivity index (χ0n) is 12.4. The smallest absolute Gasteiger partial charge is 0.123 e. The van der Waals surface area contributed by atoms with Gasteiger partial charge in [-0.15, -0.1) is 0 Å². The van der Waals surface area contributed by atoms with Crippen LogP contribution in [0.2, 0.25) is 0 Å². The molecule has 0 heterocycles. The molecule has 0 fully saturated rings. The minimum absolute atomic E-state index is 0.176. The molecule has 0 bridgehead atoms. The highest BCUT2D eigenvalue weighted by Crippen LogP contribution is 2.11. The van der Waals surface area contributed by atoms with Crippen LogP contribution in [-0.2, 0) is 13.0 Å². The summed E-state index contributed by atoms with van der Waals surface area (Å²) in [5, 5.41) is 3.53. The third-order valence-electron chi connectivity index (χ3n) is 3.59. The van der Waals surface area contributed by atoms with Crippen molar-refractivity contribution in [1.29, 1.82) is 0 Å². The Hall–Kier alpha value is -1.67. The first-order chi connectivity index (χ1) is 9.54. The van der Waals surface area contributed by atoms with E-state index in [9.17, 15) is 4.39 Å². The summed E-state index contributed by atoms with van der Waals surface area (Å²) in [5.74, 6) is -0.176. The van der Waals surface area contributed by atoms with E-state index >= 15 is 0 Å². The third kappa shape index (κ3) is 4.17. The van der Waals surface area contributed by atoms with Gasteiger partial charge in [0.15, 0.2) is 0 Å². The highest BCUT2D eigenvalue weighted by atomic mass is 19.1. The fourth-order valence-corrected chi connectivity index (χ4v) is 2.37. The van der Waals surface area contributed by atoms with Gasteiger partial charge in [0.25, 0.3) is 0 Å². The molecule has 0 radical (unpaired) electrons. The first-order valence-electron chi connectivity index (χ1n) is 7.08. The summed E-state index contributed by atoms with van der Waals surface area (Å²) < 4.78 is 12.9. The SMILES string of the molecule is Cc1ccc(CNC(C)Cc2ccc(F)cc2)c(C)c1. The zero-order chi connectivity index (χ0) is 14.5. The van der Waals surface area contributed by atoms with Crippen molar-refractivity contribution >= 4 is 0 Å². The lowest BCUT2D eigenvalue weighted by atomic mass is 10.0. The van der Waals surface area contributed by atoms with Gasteiger partial charge in [-0.05, 0) is 56.0 Å². The summed E-state index contributed by atoms with van der Waals surface area (Å²) in [4.78, 5) is 0. The van der Waals surface area contributed by atoms with Crippen molar-refractivity contribution in [2.24, 2.45) is 0 Å². The van der Waals surface area contributed by atoms with Crippen LogP contribution in [0.1, 0.15) is 29.2 Å². The van der Waals surface area contributed by atoms with Gasteiger partial charge >= 0.3 is 0 Å². The average molecular weight is 271 g/mol. The van der Waals surface area contributed by atoms with E-state index in [2.05, 4.69) is 44.3 Å². The van der Waals surface area contributed by atoms with E-state index in [0.717, 1.165) is 18.5 Å². The molecule has 0 aliphatic rings. The summed E-state index contributed by atoms with van der Waals surface area (Å²) in [6.45, 7) is 7.29. The molecule has 0 aliphatic heterocycles. The lowest BCUT2D eigenvalue weighted by molar-refractivity contribution is 0.543. The Morgan fingerprint density at radius 1 is 1.05 bits per heavy atom. The van der Waals surface area contributed by atoms with E-state index in [4.69, 9.17) is 0 Å². The van der Waals surface area contributed by atoms with Crippen molar-refractivity contribution in [3.05, 3.63) is 70.5 Å². The number of benzene rings is 2. The van der Waals surface area contributed by atoms with Gasteiger partial charge in [-0.3, -0.25) is 0 Å². The molecule has 20 heavy (non-hydrogen) atoms. The van der Waals surface area contributed by atoms with E-state index in [0.29, 0.717) is 6.04 Å². The molecule has 0 aromatic heterocycles. The van der Waals surface area contributed by atoms with Crippen molar-refractivity contribution in [3.63, 3.8) is 0 Å². The number of halogens is 1. The van der Waals surface area contributed by atoms with E-state index in [1.165, 1.54) is 28.8 Å². The average Bonchev–Trinajstić information content (AvgIpc) is 2.40. The van der Waals surface area contributed by atoms with Gasteiger partial charge in [-0.2, -0.15) is 0 Å². The lowest BCUT2D eigenvalue weighted by Crippen LogP contribution is -2.27. The zero-order valence-corrected chi connectivity index (χ0v) is 12.4. The van der Waals surface area contributed by atoms with Crippen LogP contribution >= 0.6 is 0 Å². The largest absolute Gasteiger partial charge is 0.310 e. The predicted molar refractivity (Wildman–Crippen MR) is 82.3 cm³/mol. The van der Waals surface area contributed by atoms with Crippen LogP contribution in [0.4, 0.5) is 4.39 Å². The van der Waals surface area contributed by atoms with E-state index in [1.807, 2.05) is 12.1 Å². The summed E-state index contributed by atoms with van der Waals surface area (Å²) in [6.07, 6.45) is 0.908. The van der Waals surface area contributed by atoms with Crippen molar-refractivity contribution in [1.82, 2.24) is 5.32 Å². The summed E-state index contributed by atoms with van der Waals surface area (Å²) in [5.41, 5.74) is 5.12. The van der Waals surface area contributed by atoms with Gasteiger partial charge in [-0.1, -0.05) is 35.9 Å². The molecule has 2 heteroatoms. The van der Waals surface area contributed by atoms with Crippen LogP contribution in [0.25, 0.3) is 0 Å². The molecule has 1 unspecified atom stereocenters. The number of rotatable bonds is 5. The Labute approximate surface area is 120 Å². The Morgan fingerprint density at radius 3 is 2.40 bits per heavy atom. The normalized spacial score (nSPS) is 12.4. The molecule has 0 aliphatic carbocycles. The summed E-state index contributed by atoms with van der Waals surface area (Å²) >= 11 is 0. The van der Waals surface area contributed by atoms with E-state index in [-0.39, 0.29) is 5.82 Å². The molecule has 1 nitrogen and oxygen atoms in total. The second kappa shape index (κ2) is 6.67.